The van der Waals surface area contributed by atoms with Gasteiger partial charge in [-0.25, -0.2) is 4.39 Å². The van der Waals surface area contributed by atoms with E-state index in [1.54, 1.807) is 12.1 Å². The van der Waals surface area contributed by atoms with Gasteiger partial charge in [-0.15, -0.1) is 0 Å². The van der Waals surface area contributed by atoms with E-state index in [1.807, 2.05) is 0 Å². The molecular weight excluding hydrogens is 323 g/mol. The average molecular weight is 339 g/mol. The first-order valence-electron chi connectivity index (χ1n) is 7.04. The van der Waals surface area contributed by atoms with Gasteiger partial charge in [-0.3, -0.25) is 4.79 Å². The van der Waals surface area contributed by atoms with Crippen LogP contribution in [0.15, 0.2) is 42.5 Å². The van der Waals surface area contributed by atoms with Crippen LogP contribution < -0.4 is 9.47 Å². The normalized spacial score (nSPS) is 10.6. The van der Waals surface area contributed by atoms with E-state index in [0.29, 0.717) is 5.56 Å². The number of amides is 1. The molecule has 0 N–H and O–H groups in total. The number of para-hydroxylation sites is 1. The fourth-order valence-corrected chi connectivity index (χ4v) is 2.20. The molecule has 2 aromatic rings. The molecule has 0 saturated heterocycles. The van der Waals surface area contributed by atoms with Gasteiger partial charge in [-0.05, 0) is 29.8 Å². The third-order valence-electron chi connectivity index (χ3n) is 3.32. The first kappa shape index (κ1) is 17.7. The van der Waals surface area contributed by atoms with Crippen LogP contribution in [0.1, 0.15) is 15.9 Å². The van der Waals surface area contributed by atoms with E-state index >= 15 is 0 Å². The second-order valence-electron chi connectivity index (χ2n) is 5.00. The van der Waals surface area contributed by atoms with Crippen molar-refractivity contribution in [2.45, 2.75) is 13.2 Å². The van der Waals surface area contributed by atoms with Crippen LogP contribution >= 0.6 is 0 Å². The van der Waals surface area contributed by atoms with Crippen molar-refractivity contribution < 1.29 is 27.4 Å². The first-order chi connectivity index (χ1) is 11.4. The SMILES string of the molecule is COc1ccc(CN(C)C(=O)c2ccccc2OC(F)F)cc1F. The summed E-state index contributed by atoms with van der Waals surface area (Å²) in [7, 11) is 2.84. The summed E-state index contributed by atoms with van der Waals surface area (Å²) in [6.45, 7) is -2.93. The molecule has 0 aliphatic rings. The number of carbonyl (C=O) groups is 1. The molecule has 0 aliphatic carbocycles. The summed E-state index contributed by atoms with van der Waals surface area (Å²) in [6.07, 6.45) is 0. The standard InChI is InChI=1S/C17H16F3NO3/c1-21(10-11-7-8-15(23-2)13(18)9-11)16(22)12-5-3-4-6-14(12)24-17(19)20/h3-9,17H,10H2,1-2H3. The van der Waals surface area contributed by atoms with E-state index in [4.69, 9.17) is 4.74 Å². The number of ether oxygens (including phenoxy) is 2. The van der Waals surface area contributed by atoms with Crippen LogP contribution in [0, 0.1) is 5.82 Å². The minimum absolute atomic E-state index is 0.00860. The van der Waals surface area contributed by atoms with Gasteiger partial charge in [0.25, 0.3) is 5.91 Å². The van der Waals surface area contributed by atoms with Crippen LogP contribution in [0.5, 0.6) is 11.5 Å². The van der Waals surface area contributed by atoms with E-state index in [-0.39, 0.29) is 23.6 Å². The summed E-state index contributed by atoms with van der Waals surface area (Å²) in [5.74, 6) is -1.16. The zero-order chi connectivity index (χ0) is 17.7. The van der Waals surface area contributed by atoms with Crippen molar-refractivity contribution in [3.8, 4) is 11.5 Å². The second kappa shape index (κ2) is 7.72. The molecule has 4 nitrogen and oxygen atoms in total. The van der Waals surface area contributed by atoms with E-state index in [1.165, 1.54) is 49.4 Å². The van der Waals surface area contributed by atoms with E-state index < -0.39 is 18.3 Å². The van der Waals surface area contributed by atoms with Crippen molar-refractivity contribution in [1.29, 1.82) is 0 Å². The highest BCUT2D eigenvalue weighted by molar-refractivity contribution is 5.96. The molecule has 1 amide bonds. The molecule has 7 heteroatoms. The molecule has 0 unspecified atom stereocenters. The largest absolute Gasteiger partial charge is 0.494 e. The van der Waals surface area contributed by atoms with Gasteiger partial charge >= 0.3 is 6.61 Å². The van der Waals surface area contributed by atoms with Crippen molar-refractivity contribution in [2.24, 2.45) is 0 Å². The number of halogens is 3. The van der Waals surface area contributed by atoms with E-state index in [9.17, 15) is 18.0 Å². The Morgan fingerprint density at radius 1 is 1.17 bits per heavy atom. The van der Waals surface area contributed by atoms with Crippen molar-refractivity contribution in [2.75, 3.05) is 14.2 Å². The number of benzene rings is 2. The average Bonchev–Trinajstić information content (AvgIpc) is 2.54. The van der Waals surface area contributed by atoms with Crippen LogP contribution in [0.4, 0.5) is 13.2 Å². The Morgan fingerprint density at radius 2 is 1.88 bits per heavy atom. The summed E-state index contributed by atoms with van der Waals surface area (Å²) < 4.78 is 47.7. The van der Waals surface area contributed by atoms with Crippen molar-refractivity contribution >= 4 is 5.91 Å². The minimum atomic E-state index is -3.03. The fourth-order valence-electron chi connectivity index (χ4n) is 2.20. The molecule has 0 aliphatic heterocycles. The molecule has 0 bridgehead atoms. The Hall–Kier alpha value is -2.70. The molecule has 0 aromatic heterocycles. The van der Waals surface area contributed by atoms with Gasteiger partial charge in [0.1, 0.15) is 5.75 Å². The highest BCUT2D eigenvalue weighted by Crippen LogP contribution is 2.23. The fraction of sp³-hybridized carbons (Fsp3) is 0.235. The Morgan fingerprint density at radius 3 is 2.50 bits per heavy atom. The van der Waals surface area contributed by atoms with Crippen molar-refractivity contribution in [1.82, 2.24) is 4.90 Å². The Labute approximate surface area is 137 Å². The first-order valence-corrected chi connectivity index (χ1v) is 7.04. The van der Waals surface area contributed by atoms with Gasteiger partial charge in [0.05, 0.1) is 12.7 Å². The van der Waals surface area contributed by atoms with E-state index in [2.05, 4.69) is 4.74 Å². The van der Waals surface area contributed by atoms with Crippen LogP contribution in [0.3, 0.4) is 0 Å². The summed E-state index contributed by atoms with van der Waals surface area (Å²) in [4.78, 5) is 13.7. The summed E-state index contributed by atoms with van der Waals surface area (Å²) in [6, 6.07) is 10.1. The molecule has 2 aromatic carbocycles. The highest BCUT2D eigenvalue weighted by Gasteiger charge is 2.19. The lowest BCUT2D eigenvalue weighted by Crippen LogP contribution is -2.27. The highest BCUT2D eigenvalue weighted by atomic mass is 19.3. The third kappa shape index (κ3) is 4.18. The number of nitrogens with zero attached hydrogens (tertiary/aromatic N) is 1. The molecule has 0 spiro atoms. The molecule has 0 saturated carbocycles. The van der Waals surface area contributed by atoms with Gasteiger partial charge in [0.2, 0.25) is 0 Å². The van der Waals surface area contributed by atoms with Crippen LogP contribution in [-0.4, -0.2) is 31.6 Å². The molecular formula is C17H16F3NO3. The molecule has 24 heavy (non-hydrogen) atoms. The van der Waals surface area contributed by atoms with Crippen molar-refractivity contribution in [3.63, 3.8) is 0 Å². The Kier molecular flexibility index (Phi) is 5.68. The molecule has 128 valence electrons. The van der Waals surface area contributed by atoms with Gasteiger partial charge in [-0.2, -0.15) is 8.78 Å². The number of hydrogen-bond acceptors (Lipinski definition) is 3. The molecule has 2 rings (SSSR count). The zero-order valence-electron chi connectivity index (χ0n) is 13.1. The van der Waals surface area contributed by atoms with Gasteiger partial charge in [0.15, 0.2) is 11.6 Å². The summed E-state index contributed by atoms with van der Waals surface area (Å²) in [5, 5.41) is 0. The second-order valence-corrected chi connectivity index (χ2v) is 5.00. The lowest BCUT2D eigenvalue weighted by molar-refractivity contribution is -0.0502. The predicted octanol–water partition coefficient (Wildman–Crippen LogP) is 3.71. The Balaban J connectivity index is 2.17. The Bertz CT molecular complexity index is 722. The maximum Gasteiger partial charge on any atom is 0.387 e. The number of methoxy groups -OCH3 is 1. The molecule has 0 heterocycles. The lowest BCUT2D eigenvalue weighted by atomic mass is 10.1. The lowest BCUT2D eigenvalue weighted by Gasteiger charge is -2.19. The number of carbonyl (C=O) groups excluding carboxylic acids is 1. The molecule has 0 fully saturated rings. The monoisotopic (exact) mass is 339 g/mol. The third-order valence-corrected chi connectivity index (χ3v) is 3.32. The minimum Gasteiger partial charge on any atom is -0.494 e. The smallest absolute Gasteiger partial charge is 0.387 e. The van der Waals surface area contributed by atoms with Gasteiger partial charge in [-0.1, -0.05) is 18.2 Å². The number of alkyl halides is 2. The van der Waals surface area contributed by atoms with Crippen LogP contribution in [0.25, 0.3) is 0 Å². The van der Waals surface area contributed by atoms with E-state index in [0.717, 1.165) is 0 Å². The summed E-state index contributed by atoms with van der Waals surface area (Å²) in [5.41, 5.74) is 0.547. The van der Waals surface area contributed by atoms with Gasteiger partial charge < -0.3 is 14.4 Å². The summed E-state index contributed by atoms with van der Waals surface area (Å²) >= 11 is 0. The van der Waals surface area contributed by atoms with Crippen LogP contribution in [-0.2, 0) is 6.54 Å². The van der Waals surface area contributed by atoms with Crippen LogP contribution in [0.2, 0.25) is 0 Å². The van der Waals surface area contributed by atoms with Crippen molar-refractivity contribution in [3.05, 3.63) is 59.4 Å². The molecule has 0 radical (unpaired) electrons. The zero-order valence-corrected chi connectivity index (χ0v) is 13.1. The quantitative estimate of drug-likeness (QED) is 0.805. The predicted molar refractivity (Wildman–Crippen MR) is 81.8 cm³/mol. The van der Waals surface area contributed by atoms with Gasteiger partial charge in [0, 0.05) is 13.6 Å². The molecule has 0 atom stereocenters. The maximum absolute atomic E-state index is 13.7. The maximum atomic E-state index is 13.7. The number of hydrogen-bond donors (Lipinski definition) is 0. The topological polar surface area (TPSA) is 38.8 Å². The number of rotatable bonds is 6.